The van der Waals surface area contributed by atoms with Gasteiger partial charge in [-0.15, -0.1) is 0 Å². The summed E-state index contributed by atoms with van der Waals surface area (Å²) in [5.41, 5.74) is 5.10. The Hall–Kier alpha value is -3.68. The smallest absolute Gasteiger partial charge is 0.269 e. The van der Waals surface area contributed by atoms with Crippen LogP contribution >= 0.6 is 0 Å². The van der Waals surface area contributed by atoms with Gasteiger partial charge in [-0.25, -0.2) is 0 Å². The predicted molar refractivity (Wildman–Crippen MR) is 90.1 cm³/mol. The summed E-state index contributed by atoms with van der Waals surface area (Å²) in [6.45, 7) is 1.39. The zero-order chi connectivity index (χ0) is 18.8. The van der Waals surface area contributed by atoms with Crippen LogP contribution in [0, 0.1) is 0 Å². The molecule has 26 heavy (non-hydrogen) atoms. The molecule has 0 spiro atoms. The van der Waals surface area contributed by atoms with E-state index in [9.17, 15) is 24.3 Å². The fourth-order valence-corrected chi connectivity index (χ4v) is 2.58. The van der Waals surface area contributed by atoms with E-state index in [1.807, 2.05) is 0 Å². The van der Waals surface area contributed by atoms with Crippen molar-refractivity contribution in [3.63, 3.8) is 0 Å². The lowest BCUT2D eigenvalue weighted by atomic mass is 10.1. The molecule has 1 aliphatic rings. The highest BCUT2D eigenvalue weighted by molar-refractivity contribution is 6.22. The van der Waals surface area contributed by atoms with Crippen molar-refractivity contribution in [2.45, 2.75) is 13.0 Å². The molecule has 0 aromatic heterocycles. The van der Waals surface area contributed by atoms with E-state index in [1.165, 1.54) is 43.3 Å². The van der Waals surface area contributed by atoms with Gasteiger partial charge in [0.05, 0.1) is 11.1 Å². The first-order chi connectivity index (χ1) is 12.4. The van der Waals surface area contributed by atoms with Crippen molar-refractivity contribution in [1.82, 2.24) is 15.8 Å². The predicted octanol–water partition coefficient (Wildman–Crippen LogP) is 0.838. The summed E-state index contributed by atoms with van der Waals surface area (Å²) in [6, 6.07) is 10.6. The molecule has 0 saturated carbocycles. The summed E-state index contributed by atoms with van der Waals surface area (Å²) in [5, 5.41) is 9.20. The van der Waals surface area contributed by atoms with E-state index in [0.29, 0.717) is 0 Å². The van der Waals surface area contributed by atoms with Gasteiger partial charge in [-0.05, 0) is 43.3 Å². The van der Waals surface area contributed by atoms with Crippen molar-refractivity contribution in [2.75, 3.05) is 0 Å². The van der Waals surface area contributed by atoms with Crippen LogP contribution in [0.3, 0.4) is 0 Å². The number of hydrogen-bond donors (Lipinski definition) is 3. The average Bonchev–Trinajstić information content (AvgIpc) is 2.90. The van der Waals surface area contributed by atoms with Gasteiger partial charge in [-0.2, -0.15) is 0 Å². The number of hydrazine groups is 1. The van der Waals surface area contributed by atoms with Crippen LogP contribution in [0.4, 0.5) is 0 Å². The van der Waals surface area contributed by atoms with Gasteiger partial charge in [-0.3, -0.25) is 34.9 Å². The SMILES string of the molecule is C[C@H](C(=O)NNC(=O)c1ccc(O)cc1)N1C(=O)c2ccccc2C1=O. The molecule has 3 rings (SSSR count). The van der Waals surface area contributed by atoms with E-state index in [1.54, 1.807) is 12.1 Å². The van der Waals surface area contributed by atoms with Crippen LogP contribution in [-0.4, -0.2) is 39.7 Å². The highest BCUT2D eigenvalue weighted by Crippen LogP contribution is 2.24. The minimum Gasteiger partial charge on any atom is -0.508 e. The molecule has 0 aliphatic carbocycles. The molecule has 0 radical (unpaired) electrons. The molecule has 1 aliphatic heterocycles. The molecule has 0 fully saturated rings. The number of phenols is 1. The first-order valence-corrected chi connectivity index (χ1v) is 7.76. The van der Waals surface area contributed by atoms with Gasteiger partial charge in [0, 0.05) is 5.56 Å². The summed E-state index contributed by atoms with van der Waals surface area (Å²) in [6.07, 6.45) is 0. The molecule has 3 N–H and O–H groups in total. The van der Waals surface area contributed by atoms with Crippen molar-refractivity contribution in [3.05, 3.63) is 65.2 Å². The molecular weight excluding hydrogens is 338 g/mol. The maximum Gasteiger partial charge on any atom is 0.269 e. The summed E-state index contributed by atoms with van der Waals surface area (Å²) < 4.78 is 0. The number of imide groups is 1. The van der Waals surface area contributed by atoms with E-state index in [-0.39, 0.29) is 22.4 Å². The number of aromatic hydroxyl groups is 1. The lowest BCUT2D eigenvalue weighted by Crippen LogP contribution is -2.52. The van der Waals surface area contributed by atoms with E-state index >= 15 is 0 Å². The Kier molecular flexibility index (Phi) is 4.40. The van der Waals surface area contributed by atoms with Crippen molar-refractivity contribution in [3.8, 4) is 5.75 Å². The Labute approximate surface area is 148 Å². The van der Waals surface area contributed by atoms with Crippen LogP contribution in [0.5, 0.6) is 5.75 Å². The molecule has 2 aromatic rings. The van der Waals surface area contributed by atoms with Crippen LogP contribution in [0.25, 0.3) is 0 Å². The number of benzene rings is 2. The highest BCUT2D eigenvalue weighted by Gasteiger charge is 2.40. The minimum absolute atomic E-state index is 0.00447. The molecule has 0 saturated heterocycles. The molecule has 132 valence electrons. The van der Waals surface area contributed by atoms with Crippen LogP contribution in [0.15, 0.2) is 48.5 Å². The minimum atomic E-state index is -1.11. The van der Waals surface area contributed by atoms with Crippen molar-refractivity contribution in [2.24, 2.45) is 0 Å². The Balaban J connectivity index is 1.65. The fraction of sp³-hybridized carbons (Fsp3) is 0.111. The van der Waals surface area contributed by atoms with Crippen LogP contribution in [0.2, 0.25) is 0 Å². The monoisotopic (exact) mass is 353 g/mol. The maximum absolute atomic E-state index is 12.4. The van der Waals surface area contributed by atoms with E-state index < -0.39 is 29.7 Å². The third-order valence-electron chi connectivity index (χ3n) is 4.02. The largest absolute Gasteiger partial charge is 0.508 e. The topological polar surface area (TPSA) is 116 Å². The van der Waals surface area contributed by atoms with Gasteiger partial charge in [0.2, 0.25) is 0 Å². The maximum atomic E-state index is 12.4. The molecule has 4 amide bonds. The van der Waals surface area contributed by atoms with E-state index in [2.05, 4.69) is 10.9 Å². The molecule has 8 heteroatoms. The Morgan fingerprint density at radius 3 is 2.00 bits per heavy atom. The summed E-state index contributed by atoms with van der Waals surface area (Å²) in [4.78, 5) is 49.8. The third kappa shape index (κ3) is 3.00. The molecule has 1 heterocycles. The van der Waals surface area contributed by atoms with Crippen LogP contribution in [0.1, 0.15) is 38.0 Å². The summed E-state index contributed by atoms with van der Waals surface area (Å²) in [7, 11) is 0. The second kappa shape index (κ2) is 6.67. The van der Waals surface area contributed by atoms with E-state index in [4.69, 9.17) is 0 Å². The normalized spacial score (nSPS) is 14.0. The number of carbonyl (C=O) groups excluding carboxylic acids is 4. The number of nitrogens with one attached hydrogen (secondary N) is 2. The number of carbonyl (C=O) groups is 4. The third-order valence-corrected chi connectivity index (χ3v) is 4.02. The van der Waals surface area contributed by atoms with Crippen LogP contribution < -0.4 is 10.9 Å². The van der Waals surface area contributed by atoms with Crippen molar-refractivity contribution < 1.29 is 24.3 Å². The van der Waals surface area contributed by atoms with Gasteiger partial charge in [0.25, 0.3) is 23.6 Å². The molecule has 2 aromatic carbocycles. The number of phenolic OH excluding ortho intramolecular Hbond substituents is 1. The standard InChI is InChI=1S/C18H15N3O5/c1-10(21-17(25)13-4-2-3-5-14(13)18(21)26)15(23)19-20-16(24)11-6-8-12(22)9-7-11/h2-10,22H,1H3,(H,19,23)(H,20,24)/t10-/m1/s1. The second-order valence-electron chi connectivity index (χ2n) is 5.69. The summed E-state index contributed by atoms with van der Waals surface area (Å²) in [5.74, 6) is -2.43. The average molecular weight is 353 g/mol. The van der Waals surface area contributed by atoms with Gasteiger partial charge < -0.3 is 5.11 Å². The van der Waals surface area contributed by atoms with Crippen LogP contribution in [-0.2, 0) is 4.79 Å². The van der Waals surface area contributed by atoms with Gasteiger partial charge >= 0.3 is 0 Å². The Bertz CT molecular complexity index is 872. The van der Waals surface area contributed by atoms with Crippen molar-refractivity contribution >= 4 is 23.6 Å². The zero-order valence-corrected chi connectivity index (χ0v) is 13.7. The molecule has 1 atom stereocenters. The number of amides is 4. The van der Waals surface area contributed by atoms with Gasteiger partial charge in [0.15, 0.2) is 0 Å². The van der Waals surface area contributed by atoms with E-state index in [0.717, 1.165) is 4.90 Å². The fourth-order valence-electron chi connectivity index (χ4n) is 2.58. The second-order valence-corrected chi connectivity index (χ2v) is 5.69. The van der Waals surface area contributed by atoms with Crippen molar-refractivity contribution in [1.29, 1.82) is 0 Å². The first-order valence-electron chi connectivity index (χ1n) is 7.76. The molecule has 0 unspecified atom stereocenters. The van der Waals surface area contributed by atoms with Gasteiger partial charge in [0.1, 0.15) is 11.8 Å². The molecule has 0 bridgehead atoms. The zero-order valence-electron chi connectivity index (χ0n) is 13.7. The number of fused-ring (bicyclic) bond motifs is 1. The lowest BCUT2D eigenvalue weighted by Gasteiger charge is -2.21. The molecular formula is C18H15N3O5. The number of hydrogen-bond acceptors (Lipinski definition) is 5. The number of nitrogens with zero attached hydrogens (tertiary/aromatic N) is 1. The lowest BCUT2D eigenvalue weighted by molar-refractivity contribution is -0.125. The molecule has 8 nitrogen and oxygen atoms in total. The Morgan fingerprint density at radius 2 is 1.46 bits per heavy atom. The first kappa shape index (κ1) is 17.2. The highest BCUT2D eigenvalue weighted by atomic mass is 16.3. The Morgan fingerprint density at radius 1 is 0.923 bits per heavy atom. The summed E-state index contributed by atoms with van der Waals surface area (Å²) >= 11 is 0. The van der Waals surface area contributed by atoms with Gasteiger partial charge in [-0.1, -0.05) is 12.1 Å². The quantitative estimate of drug-likeness (QED) is 0.558. The number of rotatable bonds is 3.